The lowest BCUT2D eigenvalue weighted by molar-refractivity contribution is -0.146. The minimum atomic E-state index is -1.16. The van der Waals surface area contributed by atoms with E-state index in [1.807, 2.05) is 0 Å². The molecule has 0 spiro atoms. The molecule has 0 aromatic heterocycles. The van der Waals surface area contributed by atoms with Crippen LogP contribution in [0, 0.1) is 17.8 Å². The zero-order chi connectivity index (χ0) is 16.3. The lowest BCUT2D eigenvalue weighted by atomic mass is 9.84. The second-order valence-corrected chi connectivity index (χ2v) is 6.46. The van der Waals surface area contributed by atoms with Crippen LogP contribution in [-0.2, 0) is 19.1 Å². The Kier molecular flexibility index (Phi) is 5.39. The zero-order valence-corrected chi connectivity index (χ0v) is 12.8. The molecular weight excluding hydrogens is 288 g/mol. The Labute approximate surface area is 129 Å². The number of carbonyl (C=O) groups is 3. The standard InChI is InChI=1S/C15H24N2O5/c1-22-15(21)12(17-14(20)11(16)7-13(18)19)6-10-5-8-2-3-9(10)4-8/h8-12H,2-7,16H2,1H3,(H,17,20)(H,18,19)/t8?,9?,10-,11+,12+/m1/s1. The Morgan fingerprint density at radius 2 is 2.05 bits per heavy atom. The van der Waals surface area contributed by atoms with Crippen molar-refractivity contribution >= 4 is 17.8 Å². The Hall–Kier alpha value is -1.63. The average molecular weight is 312 g/mol. The molecular formula is C15H24N2O5. The molecule has 2 aliphatic rings. The molecule has 2 bridgehead atoms. The molecule has 7 nitrogen and oxygen atoms in total. The third kappa shape index (κ3) is 3.97. The molecule has 2 fully saturated rings. The first kappa shape index (κ1) is 16.7. The number of aliphatic carboxylic acids is 1. The summed E-state index contributed by atoms with van der Waals surface area (Å²) in [7, 11) is 1.28. The van der Waals surface area contributed by atoms with Gasteiger partial charge in [-0.3, -0.25) is 9.59 Å². The number of rotatable bonds is 7. The van der Waals surface area contributed by atoms with Crippen LogP contribution in [0.3, 0.4) is 0 Å². The van der Waals surface area contributed by atoms with Crippen LogP contribution in [0.25, 0.3) is 0 Å². The maximum absolute atomic E-state index is 11.9. The van der Waals surface area contributed by atoms with Crippen molar-refractivity contribution < 1.29 is 24.2 Å². The molecule has 0 aliphatic heterocycles. The van der Waals surface area contributed by atoms with Crippen molar-refractivity contribution in [1.29, 1.82) is 0 Å². The zero-order valence-electron chi connectivity index (χ0n) is 12.8. The molecule has 2 aliphatic carbocycles. The predicted molar refractivity (Wildman–Crippen MR) is 77.7 cm³/mol. The molecule has 2 unspecified atom stereocenters. The lowest BCUT2D eigenvalue weighted by Crippen LogP contribution is -2.50. The molecule has 0 heterocycles. The second kappa shape index (κ2) is 7.09. The van der Waals surface area contributed by atoms with Gasteiger partial charge in [0.1, 0.15) is 6.04 Å². The summed E-state index contributed by atoms with van der Waals surface area (Å²) in [6.07, 6.45) is 4.84. The number of fused-ring (bicyclic) bond motifs is 2. The second-order valence-electron chi connectivity index (χ2n) is 6.46. The molecule has 7 heteroatoms. The van der Waals surface area contributed by atoms with Crippen molar-refractivity contribution in [2.45, 2.75) is 50.6 Å². The van der Waals surface area contributed by atoms with Gasteiger partial charge in [0.15, 0.2) is 0 Å². The van der Waals surface area contributed by atoms with Crippen LogP contribution in [0.1, 0.15) is 38.5 Å². The van der Waals surface area contributed by atoms with E-state index in [-0.39, 0.29) is 0 Å². The monoisotopic (exact) mass is 312 g/mol. The molecule has 0 aromatic carbocycles. The summed E-state index contributed by atoms with van der Waals surface area (Å²) in [5.74, 6) is -0.483. The summed E-state index contributed by atoms with van der Waals surface area (Å²) in [5, 5.41) is 11.2. The first-order valence-electron chi connectivity index (χ1n) is 7.76. The van der Waals surface area contributed by atoms with Gasteiger partial charge in [-0.1, -0.05) is 6.42 Å². The number of carboxylic acids is 1. The molecule has 1 amide bonds. The van der Waals surface area contributed by atoms with Gasteiger partial charge < -0.3 is 20.9 Å². The number of nitrogens with two attached hydrogens (primary N) is 1. The number of carboxylic acid groups (broad SMARTS) is 1. The number of hydrogen-bond donors (Lipinski definition) is 3. The van der Waals surface area contributed by atoms with E-state index in [4.69, 9.17) is 15.6 Å². The minimum absolute atomic E-state index is 0.416. The summed E-state index contributed by atoms with van der Waals surface area (Å²) in [6.45, 7) is 0. The fraction of sp³-hybridized carbons (Fsp3) is 0.800. The Balaban J connectivity index is 1.93. The van der Waals surface area contributed by atoms with E-state index in [1.165, 1.54) is 26.4 Å². The van der Waals surface area contributed by atoms with Crippen molar-refractivity contribution in [2.75, 3.05) is 7.11 Å². The van der Waals surface area contributed by atoms with Crippen LogP contribution >= 0.6 is 0 Å². The molecule has 4 N–H and O–H groups in total. The summed E-state index contributed by atoms with van der Waals surface area (Å²) in [4.78, 5) is 34.4. The van der Waals surface area contributed by atoms with Crippen LogP contribution < -0.4 is 11.1 Å². The number of ether oxygens (including phenoxy) is 1. The van der Waals surface area contributed by atoms with Gasteiger partial charge in [-0.05, 0) is 43.4 Å². The van der Waals surface area contributed by atoms with Crippen LogP contribution in [0.5, 0.6) is 0 Å². The van der Waals surface area contributed by atoms with Gasteiger partial charge in [-0.2, -0.15) is 0 Å². The molecule has 22 heavy (non-hydrogen) atoms. The summed E-state index contributed by atoms with van der Waals surface area (Å²) < 4.78 is 4.75. The van der Waals surface area contributed by atoms with E-state index in [1.54, 1.807) is 0 Å². The molecule has 5 atom stereocenters. The molecule has 0 aromatic rings. The van der Waals surface area contributed by atoms with Crippen LogP contribution in [0.2, 0.25) is 0 Å². The van der Waals surface area contributed by atoms with Crippen LogP contribution in [0.4, 0.5) is 0 Å². The highest BCUT2D eigenvalue weighted by Crippen LogP contribution is 2.49. The van der Waals surface area contributed by atoms with Crippen molar-refractivity contribution in [1.82, 2.24) is 5.32 Å². The Morgan fingerprint density at radius 3 is 2.55 bits per heavy atom. The van der Waals surface area contributed by atoms with E-state index >= 15 is 0 Å². The van der Waals surface area contributed by atoms with Crippen LogP contribution in [0.15, 0.2) is 0 Å². The maximum atomic E-state index is 11.9. The van der Waals surface area contributed by atoms with Crippen molar-refractivity contribution in [3.05, 3.63) is 0 Å². The van der Waals surface area contributed by atoms with Gasteiger partial charge in [0.05, 0.1) is 19.6 Å². The Bertz CT molecular complexity index is 453. The van der Waals surface area contributed by atoms with E-state index in [0.717, 1.165) is 12.3 Å². The largest absolute Gasteiger partial charge is 0.481 e. The summed E-state index contributed by atoms with van der Waals surface area (Å²) in [6, 6.07) is -1.91. The van der Waals surface area contributed by atoms with E-state index in [9.17, 15) is 14.4 Å². The van der Waals surface area contributed by atoms with Crippen molar-refractivity contribution in [2.24, 2.45) is 23.5 Å². The Morgan fingerprint density at radius 1 is 1.32 bits per heavy atom. The van der Waals surface area contributed by atoms with E-state index < -0.39 is 36.4 Å². The van der Waals surface area contributed by atoms with Gasteiger partial charge in [0.2, 0.25) is 5.91 Å². The third-order valence-corrected chi connectivity index (χ3v) is 4.96. The highest BCUT2D eigenvalue weighted by molar-refractivity contribution is 5.89. The molecule has 124 valence electrons. The molecule has 0 radical (unpaired) electrons. The molecule has 2 rings (SSSR count). The van der Waals surface area contributed by atoms with Gasteiger partial charge in [-0.25, -0.2) is 4.79 Å². The fourth-order valence-electron chi connectivity index (χ4n) is 3.88. The number of esters is 1. The highest BCUT2D eigenvalue weighted by atomic mass is 16.5. The molecule has 2 saturated carbocycles. The fourth-order valence-corrected chi connectivity index (χ4v) is 3.88. The van der Waals surface area contributed by atoms with E-state index in [0.29, 0.717) is 18.3 Å². The highest BCUT2D eigenvalue weighted by Gasteiger charge is 2.41. The number of hydrogen-bond acceptors (Lipinski definition) is 5. The normalized spacial score (nSPS) is 28.9. The summed E-state index contributed by atoms with van der Waals surface area (Å²) in [5.41, 5.74) is 5.53. The average Bonchev–Trinajstić information content (AvgIpc) is 3.07. The lowest BCUT2D eigenvalue weighted by Gasteiger charge is -2.26. The summed E-state index contributed by atoms with van der Waals surface area (Å²) >= 11 is 0. The first-order valence-corrected chi connectivity index (χ1v) is 7.76. The number of nitrogens with one attached hydrogen (secondary N) is 1. The molecule has 0 saturated heterocycles. The van der Waals surface area contributed by atoms with Gasteiger partial charge in [-0.15, -0.1) is 0 Å². The van der Waals surface area contributed by atoms with Gasteiger partial charge >= 0.3 is 11.9 Å². The smallest absolute Gasteiger partial charge is 0.328 e. The van der Waals surface area contributed by atoms with E-state index in [2.05, 4.69) is 5.32 Å². The van der Waals surface area contributed by atoms with Crippen LogP contribution in [-0.4, -0.2) is 42.1 Å². The maximum Gasteiger partial charge on any atom is 0.328 e. The third-order valence-electron chi connectivity index (χ3n) is 4.96. The quantitative estimate of drug-likeness (QED) is 0.581. The minimum Gasteiger partial charge on any atom is -0.481 e. The van der Waals surface area contributed by atoms with Gasteiger partial charge in [0, 0.05) is 0 Å². The number of carbonyl (C=O) groups excluding carboxylic acids is 2. The van der Waals surface area contributed by atoms with Crippen molar-refractivity contribution in [3.63, 3.8) is 0 Å². The topological polar surface area (TPSA) is 119 Å². The first-order chi connectivity index (χ1) is 10.4. The van der Waals surface area contributed by atoms with Gasteiger partial charge in [0.25, 0.3) is 0 Å². The number of amides is 1. The van der Waals surface area contributed by atoms with Crippen molar-refractivity contribution in [3.8, 4) is 0 Å². The predicted octanol–water partition coefficient (Wildman–Crippen LogP) is 0.273. The SMILES string of the molecule is COC(=O)[C@H](C[C@H]1CC2CCC1C2)NC(=O)[C@@H](N)CC(=O)O. The number of methoxy groups -OCH3 is 1.